The highest BCUT2D eigenvalue weighted by molar-refractivity contribution is 5.48. The molecule has 108 valence electrons. The van der Waals surface area contributed by atoms with Crippen molar-refractivity contribution in [3.63, 3.8) is 0 Å². The summed E-state index contributed by atoms with van der Waals surface area (Å²) in [6.45, 7) is 1.20. The summed E-state index contributed by atoms with van der Waals surface area (Å²) in [7, 11) is 0. The third-order valence-electron chi connectivity index (χ3n) is 5.00. The van der Waals surface area contributed by atoms with Gasteiger partial charge in [0.1, 0.15) is 0 Å². The van der Waals surface area contributed by atoms with E-state index in [2.05, 4.69) is 40.2 Å². The summed E-state index contributed by atoms with van der Waals surface area (Å²) in [6, 6.07) is 11.9. The predicted octanol–water partition coefficient (Wildman–Crippen LogP) is 3.49. The number of benzene rings is 1. The molecule has 2 heterocycles. The van der Waals surface area contributed by atoms with Gasteiger partial charge in [-0.2, -0.15) is 0 Å². The minimum Gasteiger partial charge on any atom is -0.399 e. The first-order chi connectivity index (χ1) is 10.3. The van der Waals surface area contributed by atoms with E-state index in [-0.39, 0.29) is 0 Å². The van der Waals surface area contributed by atoms with Gasteiger partial charge in [0, 0.05) is 30.2 Å². The number of nitrogen functional groups attached to an aromatic ring is 1. The number of fused-ring (bicyclic) bond motifs is 1. The zero-order valence-electron chi connectivity index (χ0n) is 12.2. The van der Waals surface area contributed by atoms with Crippen molar-refractivity contribution in [2.45, 2.75) is 37.8 Å². The predicted molar refractivity (Wildman–Crippen MR) is 84.8 cm³/mol. The fourth-order valence-electron chi connectivity index (χ4n) is 4.07. The molecule has 1 fully saturated rings. The Balaban J connectivity index is 1.65. The van der Waals surface area contributed by atoms with Gasteiger partial charge >= 0.3 is 0 Å². The normalized spacial score (nSPS) is 25.1. The second-order valence-corrected chi connectivity index (χ2v) is 6.19. The van der Waals surface area contributed by atoms with Crippen molar-refractivity contribution in [3.8, 4) is 0 Å². The van der Waals surface area contributed by atoms with Crippen molar-refractivity contribution in [2.24, 2.45) is 0 Å². The van der Waals surface area contributed by atoms with Crippen LogP contribution in [-0.4, -0.2) is 16.4 Å². The molecule has 2 N–H and O–H groups in total. The SMILES string of the molecule is Nc1ccc2c(c1)CCC2N1CCCC1c1ccncc1. The highest BCUT2D eigenvalue weighted by atomic mass is 15.2. The molecule has 1 aromatic heterocycles. The van der Waals surface area contributed by atoms with E-state index in [4.69, 9.17) is 5.73 Å². The summed E-state index contributed by atoms with van der Waals surface area (Å²) in [4.78, 5) is 6.84. The molecule has 2 atom stereocenters. The lowest BCUT2D eigenvalue weighted by atomic mass is 10.0. The fourth-order valence-corrected chi connectivity index (χ4v) is 4.07. The van der Waals surface area contributed by atoms with E-state index < -0.39 is 0 Å². The molecule has 2 unspecified atom stereocenters. The first-order valence-electron chi connectivity index (χ1n) is 7.87. The number of likely N-dealkylation sites (tertiary alicyclic amines) is 1. The first-order valence-corrected chi connectivity index (χ1v) is 7.87. The summed E-state index contributed by atoms with van der Waals surface area (Å²) in [5.41, 5.74) is 11.2. The van der Waals surface area contributed by atoms with Crippen molar-refractivity contribution in [1.82, 2.24) is 9.88 Å². The van der Waals surface area contributed by atoms with Crippen LogP contribution in [0.2, 0.25) is 0 Å². The quantitative estimate of drug-likeness (QED) is 0.856. The van der Waals surface area contributed by atoms with Crippen molar-refractivity contribution < 1.29 is 0 Å². The second kappa shape index (κ2) is 5.15. The van der Waals surface area contributed by atoms with Crippen molar-refractivity contribution in [3.05, 3.63) is 59.4 Å². The van der Waals surface area contributed by atoms with E-state index in [0.717, 1.165) is 12.1 Å². The Hall–Kier alpha value is -1.87. The van der Waals surface area contributed by atoms with Crippen LogP contribution in [0.1, 0.15) is 48.0 Å². The lowest BCUT2D eigenvalue weighted by Crippen LogP contribution is -2.27. The molecule has 2 aromatic rings. The highest BCUT2D eigenvalue weighted by Crippen LogP contribution is 2.44. The summed E-state index contributed by atoms with van der Waals surface area (Å²) >= 11 is 0. The van der Waals surface area contributed by atoms with Crippen LogP contribution >= 0.6 is 0 Å². The standard InChI is InChI=1S/C18H21N3/c19-15-4-5-16-14(12-15)3-6-18(16)21-11-1-2-17(21)13-7-9-20-10-8-13/h4-5,7-10,12,17-18H,1-3,6,11,19H2. The minimum atomic E-state index is 0.543. The van der Waals surface area contributed by atoms with Crippen LogP contribution in [0.4, 0.5) is 5.69 Å². The van der Waals surface area contributed by atoms with E-state index in [1.807, 2.05) is 12.4 Å². The van der Waals surface area contributed by atoms with E-state index >= 15 is 0 Å². The molecule has 0 amide bonds. The van der Waals surface area contributed by atoms with Crippen LogP contribution in [0.3, 0.4) is 0 Å². The Morgan fingerprint density at radius 2 is 1.90 bits per heavy atom. The molecule has 1 saturated heterocycles. The average molecular weight is 279 g/mol. The number of nitrogens with zero attached hydrogens (tertiary/aromatic N) is 2. The molecular weight excluding hydrogens is 258 g/mol. The number of rotatable bonds is 2. The van der Waals surface area contributed by atoms with Gasteiger partial charge in [0.2, 0.25) is 0 Å². The van der Waals surface area contributed by atoms with Crippen molar-refractivity contribution in [2.75, 3.05) is 12.3 Å². The van der Waals surface area contributed by atoms with Crippen LogP contribution < -0.4 is 5.73 Å². The topological polar surface area (TPSA) is 42.1 Å². The molecule has 0 bridgehead atoms. The van der Waals surface area contributed by atoms with E-state index in [1.54, 1.807) is 0 Å². The number of anilines is 1. The summed E-state index contributed by atoms with van der Waals surface area (Å²) in [6.07, 6.45) is 8.74. The monoisotopic (exact) mass is 279 g/mol. The fraction of sp³-hybridized carbons (Fsp3) is 0.389. The molecule has 2 aliphatic rings. The Kier molecular flexibility index (Phi) is 3.15. The molecule has 1 aliphatic carbocycles. The van der Waals surface area contributed by atoms with Crippen LogP contribution in [-0.2, 0) is 6.42 Å². The number of pyridine rings is 1. The number of aromatic nitrogens is 1. The Bertz CT molecular complexity index is 638. The number of nitrogens with two attached hydrogens (primary N) is 1. The maximum Gasteiger partial charge on any atom is 0.0360 e. The van der Waals surface area contributed by atoms with Crippen LogP contribution in [0.15, 0.2) is 42.7 Å². The van der Waals surface area contributed by atoms with E-state index in [1.165, 1.54) is 42.5 Å². The van der Waals surface area contributed by atoms with E-state index in [9.17, 15) is 0 Å². The van der Waals surface area contributed by atoms with Gasteiger partial charge in [-0.05, 0) is 73.2 Å². The first kappa shape index (κ1) is 12.8. The van der Waals surface area contributed by atoms with Gasteiger partial charge in [-0.15, -0.1) is 0 Å². The summed E-state index contributed by atoms with van der Waals surface area (Å²) in [5, 5.41) is 0. The third kappa shape index (κ3) is 2.22. The summed E-state index contributed by atoms with van der Waals surface area (Å²) in [5.74, 6) is 0. The molecule has 3 heteroatoms. The second-order valence-electron chi connectivity index (χ2n) is 6.19. The zero-order chi connectivity index (χ0) is 14.2. The lowest BCUT2D eigenvalue weighted by Gasteiger charge is -2.31. The van der Waals surface area contributed by atoms with Crippen LogP contribution in [0.5, 0.6) is 0 Å². The van der Waals surface area contributed by atoms with Gasteiger partial charge in [0.25, 0.3) is 0 Å². The summed E-state index contributed by atoms with van der Waals surface area (Å²) < 4.78 is 0. The maximum absolute atomic E-state index is 5.93. The molecule has 4 rings (SSSR count). The van der Waals surface area contributed by atoms with Crippen molar-refractivity contribution in [1.29, 1.82) is 0 Å². The van der Waals surface area contributed by atoms with Gasteiger partial charge in [-0.1, -0.05) is 6.07 Å². The molecule has 0 radical (unpaired) electrons. The van der Waals surface area contributed by atoms with Gasteiger partial charge in [-0.25, -0.2) is 0 Å². The number of hydrogen-bond acceptors (Lipinski definition) is 3. The Labute approximate surface area is 125 Å². The molecular formula is C18H21N3. The zero-order valence-corrected chi connectivity index (χ0v) is 12.2. The third-order valence-corrected chi connectivity index (χ3v) is 5.00. The molecule has 21 heavy (non-hydrogen) atoms. The largest absolute Gasteiger partial charge is 0.399 e. The van der Waals surface area contributed by atoms with E-state index in [0.29, 0.717) is 12.1 Å². The van der Waals surface area contributed by atoms with Gasteiger partial charge in [0.05, 0.1) is 0 Å². The van der Waals surface area contributed by atoms with Gasteiger partial charge in [-0.3, -0.25) is 9.88 Å². The number of hydrogen-bond donors (Lipinski definition) is 1. The molecule has 1 aromatic carbocycles. The molecule has 0 spiro atoms. The Morgan fingerprint density at radius 3 is 2.76 bits per heavy atom. The highest BCUT2D eigenvalue weighted by Gasteiger charge is 2.35. The van der Waals surface area contributed by atoms with Gasteiger partial charge in [0.15, 0.2) is 0 Å². The molecule has 3 nitrogen and oxygen atoms in total. The smallest absolute Gasteiger partial charge is 0.0360 e. The average Bonchev–Trinajstić information content (AvgIpc) is 3.13. The van der Waals surface area contributed by atoms with Crippen LogP contribution in [0, 0.1) is 0 Å². The maximum atomic E-state index is 5.93. The lowest BCUT2D eigenvalue weighted by molar-refractivity contribution is 0.180. The molecule has 1 aliphatic heterocycles. The van der Waals surface area contributed by atoms with Gasteiger partial charge < -0.3 is 5.73 Å². The van der Waals surface area contributed by atoms with Crippen molar-refractivity contribution >= 4 is 5.69 Å². The molecule has 0 saturated carbocycles. The van der Waals surface area contributed by atoms with Crippen LogP contribution in [0.25, 0.3) is 0 Å². The Morgan fingerprint density at radius 1 is 1.05 bits per heavy atom. The number of aryl methyl sites for hydroxylation is 1. The minimum absolute atomic E-state index is 0.543.